The standard InChI is InChI=1S/C19H27N5O/c25-18(9-8-17-22-15-6-3-10-20-19(15)23-17)21-13-14-5-4-12-24-11-2-1-7-16(14)24/h3,6,10,14,16H,1-2,4-5,7-9,11-13H2,(H,21,25)(H,20,22,23)/t14-,16+/m1/s1. The van der Waals surface area contributed by atoms with E-state index in [0.29, 0.717) is 24.8 Å². The van der Waals surface area contributed by atoms with Gasteiger partial charge < -0.3 is 15.2 Å². The molecule has 0 aromatic carbocycles. The highest BCUT2D eigenvalue weighted by Gasteiger charge is 2.32. The second-order valence-corrected chi connectivity index (χ2v) is 7.36. The first kappa shape index (κ1) is 16.5. The molecular weight excluding hydrogens is 314 g/mol. The number of aromatic nitrogens is 3. The number of pyridine rings is 1. The molecule has 134 valence electrons. The summed E-state index contributed by atoms with van der Waals surface area (Å²) in [6, 6.07) is 4.53. The van der Waals surface area contributed by atoms with Crippen LogP contribution in [0.1, 0.15) is 44.3 Å². The first-order chi connectivity index (χ1) is 12.3. The maximum Gasteiger partial charge on any atom is 0.220 e. The SMILES string of the molecule is O=C(CCc1nc2ncccc2[nH]1)NC[C@H]1CCCN2CCCC[C@@H]12. The van der Waals surface area contributed by atoms with E-state index < -0.39 is 0 Å². The Morgan fingerprint density at radius 1 is 1.28 bits per heavy atom. The van der Waals surface area contributed by atoms with Crippen LogP contribution in [0.4, 0.5) is 0 Å². The van der Waals surface area contributed by atoms with Gasteiger partial charge in [-0.25, -0.2) is 9.97 Å². The quantitative estimate of drug-likeness (QED) is 0.875. The summed E-state index contributed by atoms with van der Waals surface area (Å²) in [7, 11) is 0. The second-order valence-electron chi connectivity index (χ2n) is 7.36. The number of piperidine rings is 2. The number of hydrogen-bond acceptors (Lipinski definition) is 4. The van der Waals surface area contributed by atoms with Crippen molar-refractivity contribution in [3.63, 3.8) is 0 Å². The lowest BCUT2D eigenvalue weighted by Crippen LogP contribution is -2.51. The van der Waals surface area contributed by atoms with Gasteiger partial charge in [-0.1, -0.05) is 6.42 Å². The number of nitrogens with one attached hydrogen (secondary N) is 2. The summed E-state index contributed by atoms with van der Waals surface area (Å²) in [6.07, 6.45) is 9.32. The van der Waals surface area contributed by atoms with Crippen LogP contribution in [0.2, 0.25) is 0 Å². The van der Waals surface area contributed by atoms with Crippen molar-refractivity contribution in [3.05, 3.63) is 24.2 Å². The monoisotopic (exact) mass is 341 g/mol. The van der Waals surface area contributed by atoms with Crippen LogP contribution in [-0.2, 0) is 11.2 Å². The fraction of sp³-hybridized carbons (Fsp3) is 0.632. The van der Waals surface area contributed by atoms with E-state index in [4.69, 9.17) is 0 Å². The number of carbonyl (C=O) groups is 1. The highest BCUT2D eigenvalue weighted by atomic mass is 16.1. The molecule has 6 nitrogen and oxygen atoms in total. The van der Waals surface area contributed by atoms with Crippen molar-refractivity contribution in [3.8, 4) is 0 Å². The molecule has 2 N–H and O–H groups in total. The van der Waals surface area contributed by atoms with E-state index in [9.17, 15) is 4.79 Å². The summed E-state index contributed by atoms with van der Waals surface area (Å²) < 4.78 is 0. The van der Waals surface area contributed by atoms with Gasteiger partial charge in [0, 0.05) is 31.6 Å². The fourth-order valence-electron chi connectivity index (χ4n) is 4.39. The molecule has 2 aliphatic rings. The lowest BCUT2D eigenvalue weighted by molar-refractivity contribution is -0.121. The summed E-state index contributed by atoms with van der Waals surface area (Å²) >= 11 is 0. The Morgan fingerprint density at radius 3 is 3.12 bits per heavy atom. The first-order valence-electron chi connectivity index (χ1n) is 9.60. The van der Waals surface area contributed by atoms with Gasteiger partial charge in [-0.05, 0) is 56.8 Å². The van der Waals surface area contributed by atoms with Crippen LogP contribution in [0.25, 0.3) is 11.2 Å². The molecule has 0 bridgehead atoms. The Kier molecular flexibility index (Phi) is 4.97. The van der Waals surface area contributed by atoms with E-state index in [-0.39, 0.29) is 5.91 Å². The van der Waals surface area contributed by atoms with Crippen LogP contribution >= 0.6 is 0 Å². The van der Waals surface area contributed by atoms with Crippen LogP contribution < -0.4 is 5.32 Å². The van der Waals surface area contributed by atoms with Crippen LogP contribution in [0.3, 0.4) is 0 Å². The Hall–Kier alpha value is -1.95. The number of fused-ring (bicyclic) bond motifs is 2. The average molecular weight is 341 g/mol. The van der Waals surface area contributed by atoms with E-state index in [0.717, 1.165) is 23.5 Å². The van der Waals surface area contributed by atoms with E-state index >= 15 is 0 Å². The molecule has 0 unspecified atom stereocenters. The van der Waals surface area contributed by atoms with E-state index in [1.807, 2.05) is 12.1 Å². The number of nitrogens with zero attached hydrogens (tertiary/aromatic N) is 3. The molecular formula is C19H27N5O. The fourth-order valence-corrected chi connectivity index (χ4v) is 4.39. The molecule has 2 fully saturated rings. The van der Waals surface area contributed by atoms with Crippen molar-refractivity contribution >= 4 is 17.1 Å². The molecule has 25 heavy (non-hydrogen) atoms. The van der Waals surface area contributed by atoms with Crippen LogP contribution in [-0.4, -0.2) is 51.4 Å². The Bertz CT molecular complexity index is 692. The van der Waals surface area contributed by atoms with Gasteiger partial charge in [0.15, 0.2) is 5.65 Å². The van der Waals surface area contributed by atoms with Crippen molar-refractivity contribution < 1.29 is 4.79 Å². The third kappa shape index (κ3) is 3.84. The molecule has 4 rings (SSSR count). The smallest absolute Gasteiger partial charge is 0.220 e. The zero-order chi connectivity index (χ0) is 17.1. The Morgan fingerprint density at radius 2 is 2.20 bits per heavy atom. The second kappa shape index (κ2) is 7.52. The van der Waals surface area contributed by atoms with Crippen molar-refractivity contribution in [2.75, 3.05) is 19.6 Å². The molecule has 6 heteroatoms. The third-order valence-corrected chi connectivity index (χ3v) is 5.69. The molecule has 4 heterocycles. The summed E-state index contributed by atoms with van der Waals surface area (Å²) in [6.45, 7) is 3.31. The van der Waals surface area contributed by atoms with Gasteiger partial charge in [0.25, 0.3) is 0 Å². The van der Waals surface area contributed by atoms with Crippen molar-refractivity contribution in [1.82, 2.24) is 25.2 Å². The number of carbonyl (C=O) groups excluding carboxylic acids is 1. The summed E-state index contributed by atoms with van der Waals surface area (Å²) in [5.74, 6) is 1.58. The molecule has 0 aliphatic carbocycles. The maximum atomic E-state index is 12.3. The number of H-pyrrole nitrogens is 1. The normalized spacial score (nSPS) is 24.2. The minimum Gasteiger partial charge on any atom is -0.356 e. The lowest BCUT2D eigenvalue weighted by atomic mass is 9.83. The molecule has 2 aliphatic heterocycles. The zero-order valence-electron chi connectivity index (χ0n) is 14.7. The van der Waals surface area contributed by atoms with E-state index in [1.54, 1.807) is 6.20 Å². The minimum atomic E-state index is 0.126. The largest absolute Gasteiger partial charge is 0.356 e. The van der Waals surface area contributed by atoms with Crippen LogP contribution in [0, 0.1) is 5.92 Å². The molecule has 0 saturated carbocycles. The highest BCUT2D eigenvalue weighted by molar-refractivity contribution is 5.76. The molecule has 2 saturated heterocycles. The lowest BCUT2D eigenvalue weighted by Gasteiger charge is -2.44. The number of hydrogen-bond donors (Lipinski definition) is 2. The average Bonchev–Trinajstić information content (AvgIpc) is 3.07. The van der Waals surface area contributed by atoms with Gasteiger partial charge in [0.2, 0.25) is 5.91 Å². The van der Waals surface area contributed by atoms with Crippen molar-refractivity contribution in [1.29, 1.82) is 0 Å². The number of amides is 1. The number of imidazole rings is 1. The highest BCUT2D eigenvalue weighted by Crippen LogP contribution is 2.30. The molecule has 2 aromatic rings. The van der Waals surface area contributed by atoms with Gasteiger partial charge >= 0.3 is 0 Å². The van der Waals surface area contributed by atoms with Gasteiger partial charge in [-0.3, -0.25) is 4.79 Å². The van der Waals surface area contributed by atoms with Gasteiger partial charge in [-0.2, -0.15) is 0 Å². The van der Waals surface area contributed by atoms with Crippen molar-refractivity contribution in [2.45, 2.75) is 51.0 Å². The van der Waals surface area contributed by atoms with Crippen LogP contribution in [0.15, 0.2) is 18.3 Å². The third-order valence-electron chi connectivity index (χ3n) is 5.69. The minimum absolute atomic E-state index is 0.126. The predicted octanol–water partition coefficient (Wildman–Crippen LogP) is 2.27. The number of aromatic amines is 1. The Labute approximate surface area is 148 Å². The Balaban J connectivity index is 1.26. The molecule has 2 aromatic heterocycles. The van der Waals surface area contributed by atoms with Gasteiger partial charge in [0.05, 0.1) is 5.52 Å². The van der Waals surface area contributed by atoms with Crippen LogP contribution in [0.5, 0.6) is 0 Å². The zero-order valence-corrected chi connectivity index (χ0v) is 14.7. The van der Waals surface area contributed by atoms with E-state index in [1.165, 1.54) is 45.2 Å². The van der Waals surface area contributed by atoms with E-state index in [2.05, 4.69) is 25.2 Å². The maximum absolute atomic E-state index is 12.3. The van der Waals surface area contributed by atoms with Crippen molar-refractivity contribution in [2.24, 2.45) is 5.92 Å². The molecule has 2 atom stereocenters. The summed E-state index contributed by atoms with van der Waals surface area (Å²) in [4.78, 5) is 26.8. The molecule has 0 spiro atoms. The van der Waals surface area contributed by atoms with Gasteiger partial charge in [0.1, 0.15) is 5.82 Å². The summed E-state index contributed by atoms with van der Waals surface area (Å²) in [5, 5.41) is 3.17. The number of aryl methyl sites for hydroxylation is 1. The molecule has 1 amide bonds. The first-order valence-corrected chi connectivity index (χ1v) is 9.60. The molecule has 0 radical (unpaired) electrons. The van der Waals surface area contributed by atoms with Gasteiger partial charge in [-0.15, -0.1) is 0 Å². The topological polar surface area (TPSA) is 73.9 Å². The predicted molar refractivity (Wildman–Crippen MR) is 97.2 cm³/mol. The number of rotatable bonds is 5. The summed E-state index contributed by atoms with van der Waals surface area (Å²) in [5.41, 5.74) is 1.65.